The zero-order chi connectivity index (χ0) is 14.9. The Morgan fingerprint density at radius 3 is 2.85 bits per heavy atom. The number of aromatic nitrogens is 2. The van der Waals surface area contributed by atoms with Crippen molar-refractivity contribution in [1.29, 1.82) is 0 Å². The molecule has 0 radical (unpaired) electrons. The van der Waals surface area contributed by atoms with E-state index in [0.717, 1.165) is 5.56 Å². The first-order chi connectivity index (χ1) is 9.30. The van der Waals surface area contributed by atoms with Crippen LogP contribution in [-0.2, 0) is 6.54 Å². The number of nitrogens with one attached hydrogen (secondary N) is 1. The van der Waals surface area contributed by atoms with Crippen LogP contribution >= 0.6 is 0 Å². The van der Waals surface area contributed by atoms with Crippen LogP contribution in [0.5, 0.6) is 5.88 Å². The molecule has 1 amide bonds. The molecule has 0 aromatic carbocycles. The van der Waals surface area contributed by atoms with Crippen LogP contribution in [0.2, 0.25) is 0 Å². The summed E-state index contributed by atoms with van der Waals surface area (Å²) in [5.41, 5.74) is 1.01. The summed E-state index contributed by atoms with van der Waals surface area (Å²) in [7, 11) is 0. The number of aliphatic hydroxyl groups is 1. The van der Waals surface area contributed by atoms with Gasteiger partial charge in [0, 0.05) is 12.1 Å². The molecule has 0 saturated heterocycles. The summed E-state index contributed by atoms with van der Waals surface area (Å²) >= 11 is 0. The van der Waals surface area contributed by atoms with Gasteiger partial charge in [0.15, 0.2) is 5.69 Å². The third-order valence-electron chi connectivity index (χ3n) is 3.59. The number of hydrogen-bond acceptors (Lipinski definition) is 4. The highest BCUT2D eigenvalue weighted by atomic mass is 16.5. The van der Waals surface area contributed by atoms with Crippen LogP contribution < -0.4 is 10.1 Å². The molecule has 1 aliphatic rings. The normalized spacial score (nSPS) is 15.7. The van der Waals surface area contributed by atoms with E-state index in [9.17, 15) is 9.90 Å². The Morgan fingerprint density at radius 1 is 1.55 bits per heavy atom. The lowest BCUT2D eigenvalue weighted by atomic mass is 9.87. The van der Waals surface area contributed by atoms with Crippen LogP contribution in [0.1, 0.15) is 43.2 Å². The number of carbonyl (C=O) groups excluding carboxylic acids is 1. The monoisotopic (exact) mass is 281 g/mol. The molecule has 2 heterocycles. The summed E-state index contributed by atoms with van der Waals surface area (Å²) < 4.78 is 7.14. The number of nitrogens with zero attached hydrogens (tertiary/aromatic N) is 2. The van der Waals surface area contributed by atoms with E-state index >= 15 is 0 Å². The van der Waals surface area contributed by atoms with Gasteiger partial charge in [-0.15, -0.1) is 0 Å². The number of ether oxygens (including phenoxy) is 1. The maximum atomic E-state index is 12.1. The largest absolute Gasteiger partial charge is 0.476 e. The maximum absolute atomic E-state index is 12.1. The molecular weight excluding hydrogens is 258 g/mol. The second kappa shape index (κ2) is 5.44. The molecule has 6 nitrogen and oxygen atoms in total. The number of carbonyl (C=O) groups is 1. The zero-order valence-corrected chi connectivity index (χ0v) is 12.6. The maximum Gasteiger partial charge on any atom is 0.272 e. The van der Waals surface area contributed by atoms with Crippen LogP contribution in [0.3, 0.4) is 0 Å². The van der Waals surface area contributed by atoms with Crippen molar-refractivity contribution < 1.29 is 14.6 Å². The second-order valence-electron chi connectivity index (χ2n) is 6.28. The van der Waals surface area contributed by atoms with Crippen molar-refractivity contribution in [3.63, 3.8) is 0 Å². The van der Waals surface area contributed by atoms with Gasteiger partial charge in [-0.25, -0.2) is 4.68 Å². The van der Waals surface area contributed by atoms with E-state index < -0.39 is 6.10 Å². The first kappa shape index (κ1) is 14.8. The summed E-state index contributed by atoms with van der Waals surface area (Å²) in [6, 6.07) is 0. The van der Waals surface area contributed by atoms with Crippen molar-refractivity contribution in [2.24, 2.45) is 5.41 Å². The van der Waals surface area contributed by atoms with E-state index in [1.54, 1.807) is 4.68 Å². The fraction of sp³-hybridized carbons (Fsp3) is 0.714. The van der Waals surface area contributed by atoms with Gasteiger partial charge in [-0.2, -0.15) is 5.10 Å². The van der Waals surface area contributed by atoms with Gasteiger partial charge >= 0.3 is 0 Å². The van der Waals surface area contributed by atoms with Crippen LogP contribution in [0.4, 0.5) is 0 Å². The Morgan fingerprint density at radius 2 is 2.25 bits per heavy atom. The minimum absolute atomic E-state index is 0.177. The lowest BCUT2D eigenvalue weighted by Gasteiger charge is -2.25. The number of rotatable bonds is 4. The van der Waals surface area contributed by atoms with Crippen molar-refractivity contribution in [1.82, 2.24) is 15.1 Å². The van der Waals surface area contributed by atoms with E-state index in [-0.39, 0.29) is 11.3 Å². The van der Waals surface area contributed by atoms with Crippen molar-refractivity contribution in [3.8, 4) is 5.88 Å². The highest BCUT2D eigenvalue weighted by Gasteiger charge is 2.25. The molecule has 1 unspecified atom stereocenters. The quantitative estimate of drug-likeness (QED) is 0.867. The topological polar surface area (TPSA) is 76.4 Å². The molecule has 112 valence electrons. The summed E-state index contributed by atoms with van der Waals surface area (Å²) in [5.74, 6) is 0.471. The Bertz CT molecular complexity index is 502. The summed E-state index contributed by atoms with van der Waals surface area (Å²) in [4.78, 5) is 12.1. The molecule has 1 aliphatic heterocycles. The highest BCUT2D eigenvalue weighted by molar-refractivity contribution is 5.94. The van der Waals surface area contributed by atoms with E-state index in [1.165, 1.54) is 0 Å². The van der Waals surface area contributed by atoms with Crippen molar-refractivity contribution in [2.75, 3.05) is 13.2 Å². The minimum Gasteiger partial charge on any atom is -0.476 e. The average Bonchev–Trinajstić information content (AvgIpc) is 2.91. The molecule has 0 bridgehead atoms. The molecule has 20 heavy (non-hydrogen) atoms. The van der Waals surface area contributed by atoms with Gasteiger partial charge in [0.25, 0.3) is 5.91 Å². The number of aliphatic hydroxyl groups excluding tert-OH is 1. The summed E-state index contributed by atoms with van der Waals surface area (Å²) in [6.07, 6.45) is 0.0810. The Kier molecular flexibility index (Phi) is 4.04. The van der Waals surface area contributed by atoms with Gasteiger partial charge < -0.3 is 15.2 Å². The van der Waals surface area contributed by atoms with Crippen LogP contribution in [0.15, 0.2) is 0 Å². The van der Waals surface area contributed by atoms with Gasteiger partial charge in [-0.05, 0) is 18.8 Å². The smallest absolute Gasteiger partial charge is 0.272 e. The van der Waals surface area contributed by atoms with E-state index in [2.05, 4.69) is 10.4 Å². The lowest BCUT2D eigenvalue weighted by Crippen LogP contribution is -2.33. The van der Waals surface area contributed by atoms with Crippen molar-refractivity contribution in [3.05, 3.63) is 11.3 Å². The summed E-state index contributed by atoms with van der Waals surface area (Å²) in [6.45, 7) is 9.49. The zero-order valence-electron chi connectivity index (χ0n) is 12.6. The molecule has 1 aromatic heterocycles. The van der Waals surface area contributed by atoms with Gasteiger partial charge in [0.1, 0.15) is 6.61 Å². The van der Waals surface area contributed by atoms with Gasteiger partial charge in [-0.3, -0.25) is 4.79 Å². The molecule has 2 rings (SSSR count). The average molecular weight is 281 g/mol. The molecule has 1 atom stereocenters. The van der Waals surface area contributed by atoms with Gasteiger partial charge in [0.05, 0.1) is 12.6 Å². The molecule has 0 aliphatic carbocycles. The molecule has 0 saturated carbocycles. The second-order valence-corrected chi connectivity index (χ2v) is 6.28. The third-order valence-corrected chi connectivity index (χ3v) is 3.59. The highest BCUT2D eigenvalue weighted by Crippen LogP contribution is 2.25. The third kappa shape index (κ3) is 2.95. The number of hydrogen-bond donors (Lipinski definition) is 2. The molecular formula is C14H23N3O3. The molecule has 1 aromatic rings. The molecule has 0 spiro atoms. The van der Waals surface area contributed by atoms with E-state index in [0.29, 0.717) is 37.7 Å². The molecule has 0 fully saturated rings. The van der Waals surface area contributed by atoms with Gasteiger partial charge in [-0.1, -0.05) is 20.8 Å². The van der Waals surface area contributed by atoms with Crippen molar-refractivity contribution >= 4 is 5.91 Å². The van der Waals surface area contributed by atoms with Gasteiger partial charge in [0.2, 0.25) is 5.88 Å². The lowest BCUT2D eigenvalue weighted by molar-refractivity contribution is 0.0550. The predicted molar refractivity (Wildman–Crippen MR) is 74.9 cm³/mol. The Labute approximate surface area is 119 Å². The fourth-order valence-electron chi connectivity index (χ4n) is 2.15. The summed E-state index contributed by atoms with van der Waals surface area (Å²) in [5, 5.41) is 17.0. The van der Waals surface area contributed by atoms with E-state index in [4.69, 9.17) is 4.74 Å². The molecule has 6 heteroatoms. The molecule has 2 N–H and O–H groups in total. The van der Waals surface area contributed by atoms with Crippen LogP contribution in [-0.4, -0.2) is 40.0 Å². The Hall–Kier alpha value is -1.56. The Balaban J connectivity index is 1.90. The van der Waals surface area contributed by atoms with Crippen LogP contribution in [0, 0.1) is 12.3 Å². The first-order valence-corrected chi connectivity index (χ1v) is 6.97. The van der Waals surface area contributed by atoms with Crippen LogP contribution in [0.25, 0.3) is 0 Å². The van der Waals surface area contributed by atoms with E-state index in [1.807, 2.05) is 27.7 Å². The fourth-order valence-corrected chi connectivity index (χ4v) is 2.15. The standard InChI is InChI=1S/C14H23N3O3/c1-9-11(16-17-7-8-20-13(9)17)12(19)15-6-5-10(18)14(2,3)4/h10,18H,5-8H2,1-4H3,(H,15,19). The SMILES string of the molecule is Cc1c(C(=O)NCCC(O)C(C)(C)C)nn2c1OCC2. The number of amides is 1. The van der Waals surface area contributed by atoms with Crippen molar-refractivity contribution in [2.45, 2.75) is 46.8 Å². The minimum atomic E-state index is -0.445. The first-order valence-electron chi connectivity index (χ1n) is 6.97. The number of fused-ring (bicyclic) bond motifs is 1. The predicted octanol–water partition coefficient (Wildman–Crippen LogP) is 1.11.